The van der Waals surface area contributed by atoms with Crippen LogP contribution in [0.3, 0.4) is 0 Å². The van der Waals surface area contributed by atoms with Gasteiger partial charge in [-0.1, -0.05) is 13.0 Å². The molecule has 0 bridgehead atoms. The number of nitrogens with zero attached hydrogens (tertiary/aromatic N) is 2. The third-order valence-electron chi connectivity index (χ3n) is 5.45. The zero-order chi connectivity index (χ0) is 19.6. The fourth-order valence-electron chi connectivity index (χ4n) is 3.71. The van der Waals surface area contributed by atoms with Crippen LogP contribution in [0.4, 0.5) is 0 Å². The van der Waals surface area contributed by atoms with Crippen LogP contribution in [0.2, 0.25) is 0 Å². The van der Waals surface area contributed by atoms with Gasteiger partial charge in [0.05, 0.1) is 5.92 Å². The minimum absolute atomic E-state index is 0.0316. The number of aromatic nitrogens is 1. The highest BCUT2D eigenvalue weighted by molar-refractivity contribution is 5.89. The first kappa shape index (κ1) is 19.4. The molecule has 27 heavy (non-hydrogen) atoms. The van der Waals surface area contributed by atoms with Crippen molar-refractivity contribution in [2.45, 2.75) is 33.2 Å². The van der Waals surface area contributed by atoms with Gasteiger partial charge in [-0.05, 0) is 50.7 Å². The number of benzene rings is 1. The van der Waals surface area contributed by atoms with E-state index in [0.29, 0.717) is 26.1 Å². The van der Waals surface area contributed by atoms with Crippen LogP contribution in [-0.4, -0.2) is 60.3 Å². The van der Waals surface area contributed by atoms with Gasteiger partial charge in [-0.3, -0.25) is 9.59 Å². The Morgan fingerprint density at radius 2 is 2.15 bits per heavy atom. The van der Waals surface area contributed by atoms with Crippen LogP contribution in [0.25, 0.3) is 10.9 Å². The summed E-state index contributed by atoms with van der Waals surface area (Å²) in [4.78, 5) is 31.9. The smallest absolute Gasteiger partial charge is 0.225 e. The first-order valence-corrected chi connectivity index (χ1v) is 9.69. The van der Waals surface area contributed by atoms with Crippen LogP contribution in [0.15, 0.2) is 18.2 Å². The molecule has 0 spiro atoms. The van der Waals surface area contributed by atoms with Crippen molar-refractivity contribution in [2.75, 3.05) is 33.7 Å². The molecule has 2 amide bonds. The Bertz CT molecular complexity index is 840. The summed E-state index contributed by atoms with van der Waals surface area (Å²) in [6.45, 7) is 6.78. The maximum atomic E-state index is 12.5. The van der Waals surface area contributed by atoms with E-state index in [1.165, 1.54) is 16.6 Å². The molecule has 0 radical (unpaired) electrons. The molecule has 1 aromatic heterocycles. The molecular formula is C21H30N4O2. The van der Waals surface area contributed by atoms with Crippen LogP contribution in [0.1, 0.15) is 30.2 Å². The van der Waals surface area contributed by atoms with E-state index in [-0.39, 0.29) is 17.7 Å². The van der Waals surface area contributed by atoms with Crippen LogP contribution in [0.5, 0.6) is 0 Å². The molecular weight excluding hydrogens is 340 g/mol. The second kappa shape index (κ2) is 8.13. The number of nitrogens with one attached hydrogen (secondary N) is 2. The van der Waals surface area contributed by atoms with E-state index >= 15 is 0 Å². The van der Waals surface area contributed by atoms with E-state index in [0.717, 1.165) is 24.0 Å². The van der Waals surface area contributed by atoms with E-state index < -0.39 is 0 Å². The molecule has 2 N–H and O–H groups in total. The molecule has 1 atom stereocenters. The zero-order valence-corrected chi connectivity index (χ0v) is 16.8. The van der Waals surface area contributed by atoms with Gasteiger partial charge in [-0.15, -0.1) is 0 Å². The Balaban J connectivity index is 1.58. The second-order valence-electron chi connectivity index (χ2n) is 7.72. The number of amides is 2. The highest BCUT2D eigenvalue weighted by atomic mass is 16.2. The van der Waals surface area contributed by atoms with Crippen molar-refractivity contribution < 1.29 is 9.59 Å². The summed E-state index contributed by atoms with van der Waals surface area (Å²) < 4.78 is 0. The van der Waals surface area contributed by atoms with E-state index in [9.17, 15) is 9.59 Å². The first-order chi connectivity index (χ1) is 12.9. The van der Waals surface area contributed by atoms with Crippen molar-refractivity contribution in [1.82, 2.24) is 20.1 Å². The lowest BCUT2D eigenvalue weighted by Crippen LogP contribution is -2.35. The lowest BCUT2D eigenvalue weighted by atomic mass is 10.1. The topological polar surface area (TPSA) is 68.4 Å². The van der Waals surface area contributed by atoms with Crippen molar-refractivity contribution in [3.05, 3.63) is 35.0 Å². The molecule has 1 aliphatic rings. The second-order valence-corrected chi connectivity index (χ2v) is 7.72. The first-order valence-electron chi connectivity index (χ1n) is 9.69. The predicted molar refractivity (Wildman–Crippen MR) is 108 cm³/mol. The number of hydrogen-bond donors (Lipinski definition) is 2. The zero-order valence-electron chi connectivity index (χ0n) is 16.8. The van der Waals surface area contributed by atoms with Gasteiger partial charge in [-0.2, -0.15) is 0 Å². The lowest BCUT2D eigenvalue weighted by Gasteiger charge is -2.19. The number of aryl methyl sites for hydroxylation is 2. The molecule has 2 heterocycles. The van der Waals surface area contributed by atoms with Gasteiger partial charge in [0, 0.05) is 49.2 Å². The summed E-state index contributed by atoms with van der Waals surface area (Å²) in [5.74, 6) is -0.201. The van der Waals surface area contributed by atoms with Crippen molar-refractivity contribution in [2.24, 2.45) is 5.92 Å². The van der Waals surface area contributed by atoms with Gasteiger partial charge in [0.25, 0.3) is 0 Å². The van der Waals surface area contributed by atoms with Gasteiger partial charge < -0.3 is 20.1 Å². The summed E-state index contributed by atoms with van der Waals surface area (Å²) in [6, 6.07) is 6.26. The van der Waals surface area contributed by atoms with Gasteiger partial charge >= 0.3 is 0 Å². The standard InChI is InChI=1S/C21H30N4O2/c1-5-18-14(2)17-10-15(6-7-19(17)23-18)12-22-21(27)16-11-20(26)25(13-16)9-8-24(3)4/h6-7,10,16,23H,5,8-9,11-13H2,1-4H3,(H,22,27)/t16-/m0/s1. The lowest BCUT2D eigenvalue weighted by molar-refractivity contribution is -0.129. The van der Waals surface area contributed by atoms with Gasteiger partial charge in [0.2, 0.25) is 11.8 Å². The number of likely N-dealkylation sites (tertiary alicyclic amines) is 1. The average Bonchev–Trinajstić information content (AvgIpc) is 3.17. The molecule has 0 saturated carbocycles. The molecule has 3 rings (SSSR count). The SMILES string of the molecule is CCc1[nH]c2ccc(CNC(=O)[C@H]3CC(=O)N(CCN(C)C)C3)cc2c1C. The van der Waals surface area contributed by atoms with E-state index in [1.54, 1.807) is 4.90 Å². The summed E-state index contributed by atoms with van der Waals surface area (Å²) in [6.07, 6.45) is 1.29. The molecule has 2 aromatic rings. The predicted octanol–water partition coefficient (Wildman–Crippen LogP) is 2.07. The minimum atomic E-state index is -0.246. The third-order valence-corrected chi connectivity index (χ3v) is 5.45. The molecule has 1 fully saturated rings. The van der Waals surface area contributed by atoms with E-state index in [2.05, 4.69) is 36.3 Å². The molecule has 0 unspecified atom stereocenters. The van der Waals surface area contributed by atoms with Crippen LogP contribution in [-0.2, 0) is 22.6 Å². The minimum Gasteiger partial charge on any atom is -0.358 e. The molecule has 0 aliphatic carbocycles. The number of rotatable bonds is 7. The Hall–Kier alpha value is -2.34. The van der Waals surface area contributed by atoms with Crippen molar-refractivity contribution in [3.8, 4) is 0 Å². The molecule has 146 valence electrons. The Labute approximate surface area is 160 Å². The molecule has 6 nitrogen and oxygen atoms in total. The number of hydrogen-bond acceptors (Lipinski definition) is 3. The fourth-order valence-corrected chi connectivity index (χ4v) is 3.71. The molecule has 1 aromatic carbocycles. The summed E-state index contributed by atoms with van der Waals surface area (Å²) in [5, 5.41) is 4.23. The van der Waals surface area contributed by atoms with Crippen molar-refractivity contribution in [1.29, 1.82) is 0 Å². The Morgan fingerprint density at radius 1 is 1.37 bits per heavy atom. The van der Waals surface area contributed by atoms with Crippen molar-refractivity contribution in [3.63, 3.8) is 0 Å². The highest BCUT2D eigenvalue weighted by Gasteiger charge is 2.33. The normalized spacial score (nSPS) is 17.3. The monoisotopic (exact) mass is 370 g/mol. The summed E-state index contributed by atoms with van der Waals surface area (Å²) >= 11 is 0. The average molecular weight is 370 g/mol. The number of fused-ring (bicyclic) bond motifs is 1. The largest absolute Gasteiger partial charge is 0.358 e. The van der Waals surface area contributed by atoms with Crippen LogP contribution >= 0.6 is 0 Å². The highest BCUT2D eigenvalue weighted by Crippen LogP contribution is 2.23. The van der Waals surface area contributed by atoms with Crippen LogP contribution in [0, 0.1) is 12.8 Å². The quantitative estimate of drug-likeness (QED) is 0.784. The Morgan fingerprint density at radius 3 is 2.85 bits per heavy atom. The maximum Gasteiger partial charge on any atom is 0.225 e. The fraction of sp³-hybridized carbons (Fsp3) is 0.524. The third kappa shape index (κ3) is 4.33. The number of H-pyrrole nitrogens is 1. The van der Waals surface area contributed by atoms with Crippen LogP contribution < -0.4 is 5.32 Å². The number of likely N-dealkylation sites (N-methyl/N-ethyl adjacent to an activating group) is 1. The van der Waals surface area contributed by atoms with Gasteiger partial charge in [0.1, 0.15) is 0 Å². The van der Waals surface area contributed by atoms with Crippen molar-refractivity contribution >= 4 is 22.7 Å². The maximum absolute atomic E-state index is 12.5. The number of carbonyl (C=O) groups is 2. The summed E-state index contributed by atoms with van der Waals surface area (Å²) in [7, 11) is 3.97. The number of carbonyl (C=O) groups excluding carboxylic acids is 2. The molecule has 1 aliphatic heterocycles. The van der Waals surface area contributed by atoms with E-state index in [1.807, 2.05) is 25.1 Å². The summed E-state index contributed by atoms with van der Waals surface area (Å²) in [5.41, 5.74) is 4.75. The number of aromatic amines is 1. The molecule has 6 heteroatoms. The van der Waals surface area contributed by atoms with Gasteiger partial charge in [-0.25, -0.2) is 0 Å². The molecule has 1 saturated heterocycles. The Kier molecular flexibility index (Phi) is 5.85. The van der Waals surface area contributed by atoms with Gasteiger partial charge in [0.15, 0.2) is 0 Å². The van der Waals surface area contributed by atoms with E-state index in [4.69, 9.17) is 0 Å².